The molecule has 0 unspecified atom stereocenters. The van der Waals surface area contributed by atoms with E-state index >= 15 is 0 Å². The lowest BCUT2D eigenvalue weighted by atomic mass is 10.1. The summed E-state index contributed by atoms with van der Waals surface area (Å²) in [6, 6.07) is 4.37. The Morgan fingerprint density at radius 1 is 1.09 bits per heavy atom. The molecule has 3 heterocycles. The molecule has 2 aromatic heterocycles. The number of benzene rings is 1. The third-order valence-corrected chi connectivity index (χ3v) is 6.94. The Hall–Kier alpha value is -2.20. The normalized spacial score (nSPS) is 14.1. The van der Waals surface area contributed by atoms with Crippen LogP contribution in [0.1, 0.15) is 31.7 Å². The predicted molar refractivity (Wildman–Crippen MR) is 138 cm³/mol. The van der Waals surface area contributed by atoms with E-state index in [4.69, 9.17) is 28.8 Å². The molecular formula is C24H34ClN3O5S. The molecule has 0 amide bonds. The van der Waals surface area contributed by atoms with Gasteiger partial charge in [0, 0.05) is 38.3 Å². The lowest BCUT2D eigenvalue weighted by Gasteiger charge is -2.35. The first-order valence-corrected chi connectivity index (χ1v) is 12.2. The van der Waals surface area contributed by atoms with E-state index in [1.807, 2.05) is 16.6 Å². The molecule has 1 aromatic carbocycles. The third kappa shape index (κ3) is 4.93. The summed E-state index contributed by atoms with van der Waals surface area (Å²) in [6.07, 6.45) is 3.04. The van der Waals surface area contributed by atoms with Gasteiger partial charge in [-0.1, -0.05) is 6.92 Å². The van der Waals surface area contributed by atoms with Crippen LogP contribution >= 0.6 is 23.7 Å². The number of fused-ring (bicyclic) bond motifs is 1. The van der Waals surface area contributed by atoms with E-state index in [9.17, 15) is 0 Å². The number of thiazole rings is 1. The molecule has 0 spiro atoms. The van der Waals surface area contributed by atoms with Crippen LogP contribution in [0.15, 0.2) is 17.5 Å². The average molecular weight is 512 g/mol. The van der Waals surface area contributed by atoms with Crippen molar-refractivity contribution >= 4 is 34.3 Å². The maximum Gasteiger partial charge on any atom is 0.258 e. The zero-order valence-electron chi connectivity index (χ0n) is 20.5. The molecule has 4 rings (SSSR count). The minimum Gasteiger partial charge on any atom is -0.496 e. The van der Waals surface area contributed by atoms with Gasteiger partial charge in [0.25, 0.3) is 5.88 Å². The van der Waals surface area contributed by atoms with Crippen LogP contribution < -0.4 is 19.1 Å². The fraction of sp³-hybridized carbons (Fsp3) is 0.542. The van der Waals surface area contributed by atoms with E-state index < -0.39 is 0 Å². The van der Waals surface area contributed by atoms with E-state index in [2.05, 4.69) is 17.2 Å². The minimum absolute atomic E-state index is 0. The van der Waals surface area contributed by atoms with Gasteiger partial charge in [0.1, 0.15) is 22.0 Å². The SMILES string of the molecule is CCCN(c1c(OC)nn2c(-c3c(OC)cc(COC)cc3OC)csc12)C1CCOCC1.Cl. The fourth-order valence-corrected chi connectivity index (χ4v) is 5.53. The van der Waals surface area contributed by atoms with Gasteiger partial charge in [-0.2, -0.15) is 0 Å². The zero-order chi connectivity index (χ0) is 23.4. The Kier molecular flexibility index (Phi) is 9.30. The van der Waals surface area contributed by atoms with Gasteiger partial charge in [0.15, 0.2) is 0 Å². The molecule has 0 N–H and O–H groups in total. The highest BCUT2D eigenvalue weighted by molar-refractivity contribution is 7.16. The zero-order valence-corrected chi connectivity index (χ0v) is 22.1. The van der Waals surface area contributed by atoms with Crippen LogP contribution in [-0.2, 0) is 16.1 Å². The molecule has 1 fully saturated rings. The van der Waals surface area contributed by atoms with Crippen molar-refractivity contribution in [2.24, 2.45) is 0 Å². The quantitative estimate of drug-likeness (QED) is 0.377. The van der Waals surface area contributed by atoms with Crippen molar-refractivity contribution in [3.05, 3.63) is 23.1 Å². The summed E-state index contributed by atoms with van der Waals surface area (Å²) in [4.78, 5) is 3.51. The van der Waals surface area contributed by atoms with Crippen molar-refractivity contribution in [1.82, 2.24) is 9.61 Å². The van der Waals surface area contributed by atoms with Gasteiger partial charge in [-0.3, -0.25) is 0 Å². The number of hydrogen-bond donors (Lipinski definition) is 0. The maximum atomic E-state index is 5.78. The number of methoxy groups -OCH3 is 4. The van der Waals surface area contributed by atoms with Crippen LogP contribution in [0.3, 0.4) is 0 Å². The van der Waals surface area contributed by atoms with Crippen molar-refractivity contribution in [2.75, 3.05) is 53.1 Å². The standard InChI is InChI=1S/C24H33N3O5S.ClH/c1-6-9-26(17-7-10-32-11-8-17)22-23(31-5)25-27-18(15-33-24(22)27)21-19(29-3)12-16(14-28-2)13-20(21)30-4;/h12-13,15,17H,6-11,14H2,1-5H3;1H. The molecule has 0 bridgehead atoms. The molecule has 34 heavy (non-hydrogen) atoms. The van der Waals surface area contributed by atoms with Crippen molar-refractivity contribution in [3.8, 4) is 28.6 Å². The minimum atomic E-state index is 0. The van der Waals surface area contributed by atoms with Crippen LogP contribution in [0.2, 0.25) is 0 Å². The van der Waals surface area contributed by atoms with Gasteiger partial charge < -0.3 is 28.6 Å². The maximum absolute atomic E-state index is 5.78. The topological polar surface area (TPSA) is 66.7 Å². The summed E-state index contributed by atoms with van der Waals surface area (Å²) in [7, 11) is 6.70. The molecule has 1 aliphatic heterocycles. The van der Waals surface area contributed by atoms with Crippen molar-refractivity contribution in [1.29, 1.82) is 0 Å². The van der Waals surface area contributed by atoms with E-state index in [-0.39, 0.29) is 12.4 Å². The number of aromatic nitrogens is 2. The molecule has 0 radical (unpaired) electrons. The molecule has 0 saturated carbocycles. The lowest BCUT2D eigenvalue weighted by molar-refractivity contribution is 0.0843. The van der Waals surface area contributed by atoms with Gasteiger partial charge in [0.05, 0.1) is 39.2 Å². The van der Waals surface area contributed by atoms with E-state index in [1.165, 1.54) is 0 Å². The molecule has 3 aromatic rings. The van der Waals surface area contributed by atoms with Gasteiger partial charge in [-0.25, -0.2) is 4.52 Å². The van der Waals surface area contributed by atoms with Gasteiger partial charge >= 0.3 is 0 Å². The first-order valence-electron chi connectivity index (χ1n) is 11.3. The number of ether oxygens (including phenoxy) is 5. The summed E-state index contributed by atoms with van der Waals surface area (Å²) in [5.41, 5.74) is 3.79. The number of halogens is 1. The Bertz CT molecular complexity index is 1060. The summed E-state index contributed by atoms with van der Waals surface area (Å²) in [6.45, 7) is 5.19. The number of anilines is 1. The second-order valence-corrected chi connectivity index (χ2v) is 8.90. The van der Waals surface area contributed by atoms with Gasteiger partial charge in [-0.15, -0.1) is 28.8 Å². The first kappa shape index (κ1) is 26.4. The third-order valence-electron chi connectivity index (χ3n) is 6.01. The fourth-order valence-electron chi connectivity index (χ4n) is 4.54. The Labute approximate surface area is 211 Å². The number of hydrogen-bond acceptors (Lipinski definition) is 8. The second kappa shape index (κ2) is 12.0. The highest BCUT2D eigenvalue weighted by Crippen LogP contribution is 2.45. The Morgan fingerprint density at radius 3 is 2.32 bits per heavy atom. The van der Waals surface area contributed by atoms with E-state index in [0.717, 1.165) is 66.4 Å². The molecule has 0 atom stereocenters. The van der Waals surface area contributed by atoms with E-state index in [0.29, 0.717) is 30.0 Å². The van der Waals surface area contributed by atoms with Crippen LogP contribution in [0, 0.1) is 0 Å². The van der Waals surface area contributed by atoms with Crippen LogP contribution in [0.4, 0.5) is 5.69 Å². The van der Waals surface area contributed by atoms with Crippen molar-refractivity contribution in [2.45, 2.75) is 38.8 Å². The molecule has 8 nitrogen and oxygen atoms in total. The Morgan fingerprint density at radius 2 is 1.76 bits per heavy atom. The smallest absolute Gasteiger partial charge is 0.258 e. The highest BCUT2D eigenvalue weighted by atomic mass is 35.5. The molecule has 188 valence electrons. The molecule has 1 saturated heterocycles. The predicted octanol–water partition coefficient (Wildman–Crippen LogP) is 5.05. The average Bonchev–Trinajstić information content (AvgIpc) is 3.41. The van der Waals surface area contributed by atoms with E-state index in [1.54, 1.807) is 39.8 Å². The van der Waals surface area contributed by atoms with Crippen LogP contribution in [-0.4, -0.2) is 63.9 Å². The molecule has 1 aliphatic rings. The first-order chi connectivity index (χ1) is 16.2. The lowest BCUT2D eigenvalue weighted by Crippen LogP contribution is -2.40. The highest BCUT2D eigenvalue weighted by Gasteiger charge is 2.30. The summed E-state index contributed by atoms with van der Waals surface area (Å²) in [5.74, 6) is 2.07. The largest absolute Gasteiger partial charge is 0.496 e. The Balaban J connectivity index is 0.00000324. The van der Waals surface area contributed by atoms with Gasteiger partial charge in [-0.05, 0) is 37.0 Å². The molecular weight excluding hydrogens is 478 g/mol. The number of nitrogens with zero attached hydrogens (tertiary/aromatic N) is 3. The van der Waals surface area contributed by atoms with Crippen molar-refractivity contribution in [3.63, 3.8) is 0 Å². The van der Waals surface area contributed by atoms with Crippen LogP contribution in [0.25, 0.3) is 16.1 Å². The number of rotatable bonds is 10. The summed E-state index contributed by atoms with van der Waals surface area (Å²) < 4.78 is 30.2. The monoisotopic (exact) mass is 511 g/mol. The molecule has 10 heteroatoms. The van der Waals surface area contributed by atoms with Crippen LogP contribution in [0.5, 0.6) is 17.4 Å². The summed E-state index contributed by atoms with van der Waals surface area (Å²) >= 11 is 1.65. The van der Waals surface area contributed by atoms with Gasteiger partial charge in [0.2, 0.25) is 0 Å². The summed E-state index contributed by atoms with van der Waals surface area (Å²) in [5, 5.41) is 6.98. The van der Waals surface area contributed by atoms with Crippen molar-refractivity contribution < 1.29 is 23.7 Å². The second-order valence-electron chi connectivity index (χ2n) is 8.04. The molecule has 0 aliphatic carbocycles.